The molecule has 0 fully saturated rings. The number of carbonyl (C=O) groups excluding carboxylic acids is 1. The number of nitrogens with zero attached hydrogens (tertiary/aromatic N) is 2. The Labute approximate surface area is 203 Å². The first-order valence-electron chi connectivity index (χ1n) is 10.9. The second-order valence-electron chi connectivity index (χ2n) is 8.10. The largest absolute Gasteiger partial charge is 0.456 e. The Bertz CT molecular complexity index is 1560. The smallest absolute Gasteiger partial charge is 0.416 e. The molecule has 3 heterocycles. The monoisotopic (exact) mass is 488 g/mol. The number of H-pyrrole nitrogens is 1. The van der Waals surface area contributed by atoms with Crippen LogP contribution in [0.2, 0.25) is 0 Å². The Balaban J connectivity index is 1.45. The maximum Gasteiger partial charge on any atom is 0.416 e. The fourth-order valence-electron chi connectivity index (χ4n) is 3.76. The van der Waals surface area contributed by atoms with Crippen molar-refractivity contribution in [3.63, 3.8) is 0 Å². The Morgan fingerprint density at radius 3 is 2.67 bits per heavy atom. The molecule has 5 rings (SSSR count). The lowest BCUT2D eigenvalue weighted by atomic mass is 10.1. The van der Waals surface area contributed by atoms with E-state index in [9.17, 15) is 18.0 Å². The van der Waals surface area contributed by atoms with Crippen LogP contribution in [0.1, 0.15) is 21.5 Å². The van der Waals surface area contributed by atoms with Gasteiger partial charge in [-0.3, -0.25) is 9.78 Å². The first-order chi connectivity index (χ1) is 17.3. The first-order valence-corrected chi connectivity index (χ1v) is 10.9. The summed E-state index contributed by atoms with van der Waals surface area (Å²) in [5, 5.41) is 3.29. The summed E-state index contributed by atoms with van der Waals surface area (Å²) in [4.78, 5) is 24.8. The van der Waals surface area contributed by atoms with E-state index < -0.39 is 17.6 Å². The minimum Gasteiger partial charge on any atom is -0.456 e. The van der Waals surface area contributed by atoms with E-state index in [1.165, 1.54) is 12.1 Å². The average molecular weight is 488 g/mol. The van der Waals surface area contributed by atoms with Crippen LogP contribution in [-0.4, -0.2) is 20.9 Å². The summed E-state index contributed by atoms with van der Waals surface area (Å²) in [7, 11) is 0. The Morgan fingerprint density at radius 1 is 1.03 bits per heavy atom. The second kappa shape index (κ2) is 9.18. The number of hydrogen-bond donors (Lipinski definition) is 2. The van der Waals surface area contributed by atoms with Crippen LogP contribution in [0.4, 0.5) is 18.9 Å². The number of carbonyl (C=O) groups is 1. The van der Waals surface area contributed by atoms with Gasteiger partial charge in [-0.05, 0) is 61.0 Å². The van der Waals surface area contributed by atoms with Crippen LogP contribution in [0, 0.1) is 6.92 Å². The molecule has 0 bridgehead atoms. The lowest BCUT2D eigenvalue weighted by Gasteiger charge is -2.13. The van der Waals surface area contributed by atoms with Crippen molar-refractivity contribution >= 4 is 22.6 Å². The summed E-state index contributed by atoms with van der Waals surface area (Å²) in [6, 6.07) is 16.8. The number of aromatic nitrogens is 3. The third-order valence-corrected chi connectivity index (χ3v) is 5.58. The predicted molar refractivity (Wildman–Crippen MR) is 130 cm³/mol. The number of nitrogens with one attached hydrogen (secondary N) is 2. The highest BCUT2D eigenvalue weighted by atomic mass is 19.4. The van der Waals surface area contributed by atoms with E-state index in [0.717, 1.165) is 23.1 Å². The lowest BCUT2D eigenvalue weighted by Crippen LogP contribution is -2.14. The molecule has 36 heavy (non-hydrogen) atoms. The molecule has 5 aromatic rings. The van der Waals surface area contributed by atoms with Crippen molar-refractivity contribution in [1.82, 2.24) is 15.0 Å². The number of aryl methyl sites for hydroxylation is 1. The van der Waals surface area contributed by atoms with Gasteiger partial charge in [0.15, 0.2) is 0 Å². The highest BCUT2D eigenvalue weighted by molar-refractivity contribution is 6.05. The second-order valence-corrected chi connectivity index (χ2v) is 8.10. The number of ether oxygens (including phenoxy) is 1. The molecule has 0 aliphatic rings. The summed E-state index contributed by atoms with van der Waals surface area (Å²) < 4.78 is 45.3. The highest BCUT2D eigenvalue weighted by Crippen LogP contribution is 2.34. The topological polar surface area (TPSA) is 79.9 Å². The number of rotatable bonds is 5. The van der Waals surface area contributed by atoms with Crippen molar-refractivity contribution in [2.75, 3.05) is 5.32 Å². The van der Waals surface area contributed by atoms with Gasteiger partial charge in [-0.25, -0.2) is 4.98 Å². The van der Waals surface area contributed by atoms with E-state index in [1.54, 1.807) is 49.8 Å². The number of aromatic amines is 1. The molecule has 2 N–H and O–H groups in total. The van der Waals surface area contributed by atoms with Crippen LogP contribution in [0.25, 0.3) is 22.3 Å². The van der Waals surface area contributed by atoms with Gasteiger partial charge in [0.05, 0.1) is 16.6 Å². The van der Waals surface area contributed by atoms with Crippen LogP contribution in [-0.2, 0) is 6.18 Å². The summed E-state index contributed by atoms with van der Waals surface area (Å²) in [6.07, 6.45) is 0.614. The van der Waals surface area contributed by atoms with E-state index in [-0.39, 0.29) is 11.3 Å². The molecule has 0 atom stereocenters. The van der Waals surface area contributed by atoms with Crippen molar-refractivity contribution in [3.05, 3.63) is 102 Å². The number of amides is 1. The zero-order valence-corrected chi connectivity index (χ0v) is 18.9. The number of benzene rings is 2. The fourth-order valence-corrected chi connectivity index (χ4v) is 3.76. The number of alkyl halides is 3. The molecule has 3 aromatic heterocycles. The number of halogens is 3. The zero-order valence-electron chi connectivity index (χ0n) is 18.9. The summed E-state index contributed by atoms with van der Waals surface area (Å²) in [6.45, 7) is 1.74. The maximum atomic E-state index is 13.0. The molecule has 0 spiro atoms. The molecule has 1 amide bonds. The number of anilines is 1. The molecule has 0 aliphatic heterocycles. The molecule has 180 valence electrons. The van der Waals surface area contributed by atoms with Gasteiger partial charge in [0.2, 0.25) is 0 Å². The summed E-state index contributed by atoms with van der Waals surface area (Å²) in [5.74, 6) is 0.365. The normalized spacial score (nSPS) is 11.4. The van der Waals surface area contributed by atoms with Crippen LogP contribution in [0.15, 0.2) is 85.3 Å². The molecule has 0 radical (unpaired) electrons. The zero-order chi connectivity index (χ0) is 25.3. The highest BCUT2D eigenvalue weighted by Gasteiger charge is 2.30. The summed E-state index contributed by atoms with van der Waals surface area (Å²) in [5.41, 5.74) is 2.21. The van der Waals surface area contributed by atoms with Gasteiger partial charge in [0.1, 0.15) is 17.1 Å². The fraction of sp³-hybridized carbons (Fsp3) is 0.0741. The van der Waals surface area contributed by atoms with Gasteiger partial charge >= 0.3 is 6.18 Å². The molecule has 2 aromatic carbocycles. The standard InChI is InChI=1S/C27H19F3N4O2/c1-16-7-8-20(13-22(16)26(35)33-19-6-2-5-18(12-19)27(28,29)30)36-24-14-23(17-4-3-10-31-15-17)34-25-21(24)9-11-32-25/h2-15H,1H3,(H,32,34)(H,33,35). The van der Waals surface area contributed by atoms with Crippen LogP contribution in [0.5, 0.6) is 11.5 Å². The number of pyridine rings is 2. The van der Waals surface area contributed by atoms with E-state index in [0.29, 0.717) is 28.4 Å². The van der Waals surface area contributed by atoms with Crippen LogP contribution in [0.3, 0.4) is 0 Å². The van der Waals surface area contributed by atoms with Crippen molar-refractivity contribution in [1.29, 1.82) is 0 Å². The van der Waals surface area contributed by atoms with Crippen molar-refractivity contribution in [2.24, 2.45) is 0 Å². The third kappa shape index (κ3) is 4.76. The lowest BCUT2D eigenvalue weighted by molar-refractivity contribution is -0.137. The summed E-state index contributed by atoms with van der Waals surface area (Å²) >= 11 is 0. The van der Waals surface area contributed by atoms with Crippen LogP contribution < -0.4 is 10.1 Å². The van der Waals surface area contributed by atoms with Gasteiger partial charge in [0, 0.05) is 41.5 Å². The average Bonchev–Trinajstić information content (AvgIpc) is 3.34. The number of hydrogen-bond acceptors (Lipinski definition) is 4. The molecule has 0 unspecified atom stereocenters. The van der Waals surface area contributed by atoms with E-state index in [4.69, 9.17) is 4.74 Å². The van der Waals surface area contributed by atoms with Crippen LogP contribution >= 0.6 is 0 Å². The SMILES string of the molecule is Cc1ccc(Oc2cc(-c3cccnc3)nc3[nH]ccc23)cc1C(=O)Nc1cccc(C(F)(F)F)c1. The third-order valence-electron chi connectivity index (χ3n) is 5.58. The van der Waals surface area contributed by atoms with E-state index in [2.05, 4.69) is 20.3 Å². The molecule has 0 aliphatic carbocycles. The Hall–Kier alpha value is -4.66. The van der Waals surface area contributed by atoms with Crippen molar-refractivity contribution in [3.8, 4) is 22.8 Å². The molecular weight excluding hydrogens is 469 g/mol. The Kier molecular flexibility index (Phi) is 5.89. The molecule has 6 nitrogen and oxygen atoms in total. The van der Waals surface area contributed by atoms with E-state index >= 15 is 0 Å². The minimum absolute atomic E-state index is 0.0461. The maximum absolute atomic E-state index is 13.0. The van der Waals surface area contributed by atoms with Gasteiger partial charge in [0.25, 0.3) is 5.91 Å². The minimum atomic E-state index is -4.51. The van der Waals surface area contributed by atoms with E-state index in [1.807, 2.05) is 18.2 Å². The Morgan fingerprint density at radius 2 is 1.89 bits per heavy atom. The predicted octanol–water partition coefficient (Wildman–Crippen LogP) is 7.00. The molecule has 9 heteroatoms. The van der Waals surface area contributed by atoms with Gasteiger partial charge in [-0.2, -0.15) is 13.2 Å². The van der Waals surface area contributed by atoms with Gasteiger partial charge in [-0.15, -0.1) is 0 Å². The number of fused-ring (bicyclic) bond motifs is 1. The van der Waals surface area contributed by atoms with Crippen molar-refractivity contribution < 1.29 is 22.7 Å². The van der Waals surface area contributed by atoms with Gasteiger partial charge in [-0.1, -0.05) is 12.1 Å². The van der Waals surface area contributed by atoms with Crippen molar-refractivity contribution in [2.45, 2.75) is 13.1 Å². The first kappa shape index (κ1) is 23.1. The van der Waals surface area contributed by atoms with Gasteiger partial charge < -0.3 is 15.0 Å². The molecule has 0 saturated heterocycles. The molecule has 0 saturated carbocycles. The molecular formula is C27H19F3N4O2. The quantitative estimate of drug-likeness (QED) is 0.279.